The van der Waals surface area contributed by atoms with Crippen LogP contribution in [0.4, 0.5) is 0 Å². The SMILES string of the molecule is CCOc1cc(C(=O)N2CCOC(c3ccc(Cl)cc3)C2)ccc1OCc1ccncc1. The number of benzene rings is 2. The van der Waals surface area contributed by atoms with E-state index in [0.29, 0.717) is 55.0 Å². The number of ether oxygens (including phenoxy) is 3. The maximum Gasteiger partial charge on any atom is 0.254 e. The minimum absolute atomic E-state index is 0.0612. The van der Waals surface area contributed by atoms with Crippen LogP contribution in [-0.2, 0) is 11.3 Å². The minimum atomic E-state index is -0.181. The Morgan fingerprint density at radius 3 is 2.62 bits per heavy atom. The van der Waals surface area contributed by atoms with Gasteiger partial charge in [0.15, 0.2) is 11.5 Å². The van der Waals surface area contributed by atoms with Gasteiger partial charge < -0.3 is 19.1 Å². The molecule has 32 heavy (non-hydrogen) atoms. The van der Waals surface area contributed by atoms with E-state index in [1.54, 1.807) is 30.6 Å². The van der Waals surface area contributed by atoms with Crippen LogP contribution in [0.3, 0.4) is 0 Å². The van der Waals surface area contributed by atoms with Gasteiger partial charge in [0.25, 0.3) is 5.91 Å². The van der Waals surface area contributed by atoms with Crippen LogP contribution >= 0.6 is 11.6 Å². The van der Waals surface area contributed by atoms with Gasteiger partial charge in [0.1, 0.15) is 12.7 Å². The lowest BCUT2D eigenvalue weighted by atomic mass is 10.1. The summed E-state index contributed by atoms with van der Waals surface area (Å²) >= 11 is 5.99. The summed E-state index contributed by atoms with van der Waals surface area (Å²) in [6.07, 6.45) is 3.27. The van der Waals surface area contributed by atoms with Crippen molar-refractivity contribution in [2.75, 3.05) is 26.3 Å². The Morgan fingerprint density at radius 2 is 1.88 bits per heavy atom. The largest absolute Gasteiger partial charge is 0.490 e. The van der Waals surface area contributed by atoms with Gasteiger partial charge in [0.05, 0.1) is 19.8 Å². The van der Waals surface area contributed by atoms with Crippen molar-refractivity contribution in [3.05, 3.63) is 88.7 Å². The molecule has 0 spiro atoms. The number of halogens is 1. The lowest BCUT2D eigenvalue weighted by Crippen LogP contribution is -2.42. The molecule has 166 valence electrons. The third-order valence-corrected chi connectivity index (χ3v) is 5.48. The van der Waals surface area contributed by atoms with E-state index < -0.39 is 0 Å². The third-order valence-electron chi connectivity index (χ3n) is 5.23. The van der Waals surface area contributed by atoms with E-state index in [2.05, 4.69) is 4.98 Å². The quantitative estimate of drug-likeness (QED) is 0.509. The molecule has 0 bridgehead atoms. The summed E-state index contributed by atoms with van der Waals surface area (Å²) in [7, 11) is 0. The van der Waals surface area contributed by atoms with Crippen molar-refractivity contribution in [1.82, 2.24) is 9.88 Å². The van der Waals surface area contributed by atoms with Crippen LogP contribution in [0.25, 0.3) is 0 Å². The zero-order valence-corrected chi connectivity index (χ0v) is 18.6. The molecule has 1 amide bonds. The molecule has 1 atom stereocenters. The molecule has 1 fully saturated rings. The van der Waals surface area contributed by atoms with E-state index in [9.17, 15) is 4.79 Å². The fourth-order valence-electron chi connectivity index (χ4n) is 3.56. The average molecular weight is 453 g/mol. The molecule has 1 aliphatic heterocycles. The van der Waals surface area contributed by atoms with Gasteiger partial charge in [-0.25, -0.2) is 0 Å². The molecule has 3 aromatic rings. The van der Waals surface area contributed by atoms with E-state index in [1.807, 2.05) is 48.2 Å². The fraction of sp³-hybridized carbons (Fsp3) is 0.280. The highest BCUT2D eigenvalue weighted by molar-refractivity contribution is 6.30. The first-order valence-electron chi connectivity index (χ1n) is 10.6. The van der Waals surface area contributed by atoms with Crippen LogP contribution in [0.1, 0.15) is 34.5 Å². The lowest BCUT2D eigenvalue weighted by Gasteiger charge is -2.33. The van der Waals surface area contributed by atoms with Gasteiger partial charge in [-0.05, 0) is 60.5 Å². The van der Waals surface area contributed by atoms with E-state index in [1.165, 1.54) is 0 Å². The highest BCUT2D eigenvalue weighted by Crippen LogP contribution is 2.31. The predicted octanol–water partition coefficient (Wildman–Crippen LogP) is 4.93. The van der Waals surface area contributed by atoms with Crippen molar-refractivity contribution >= 4 is 17.5 Å². The molecule has 1 unspecified atom stereocenters. The van der Waals surface area contributed by atoms with Crippen molar-refractivity contribution in [2.24, 2.45) is 0 Å². The maximum atomic E-state index is 13.2. The van der Waals surface area contributed by atoms with Gasteiger partial charge in [-0.15, -0.1) is 0 Å². The molecule has 0 saturated carbocycles. The Bertz CT molecular complexity index is 1040. The number of morpholine rings is 1. The molecule has 1 aromatic heterocycles. The van der Waals surface area contributed by atoms with Crippen LogP contribution in [0.5, 0.6) is 11.5 Å². The van der Waals surface area contributed by atoms with E-state index in [0.717, 1.165) is 11.1 Å². The molecule has 0 N–H and O–H groups in total. The number of hydrogen-bond acceptors (Lipinski definition) is 5. The smallest absolute Gasteiger partial charge is 0.254 e. The minimum Gasteiger partial charge on any atom is -0.490 e. The second-order valence-corrected chi connectivity index (χ2v) is 7.84. The van der Waals surface area contributed by atoms with Crippen molar-refractivity contribution in [2.45, 2.75) is 19.6 Å². The van der Waals surface area contributed by atoms with Gasteiger partial charge in [0, 0.05) is 29.5 Å². The zero-order valence-electron chi connectivity index (χ0n) is 17.9. The normalized spacial score (nSPS) is 15.9. The summed E-state index contributed by atoms with van der Waals surface area (Å²) in [6, 6.07) is 16.6. The topological polar surface area (TPSA) is 60.9 Å². The fourth-order valence-corrected chi connectivity index (χ4v) is 3.69. The number of rotatable bonds is 7. The van der Waals surface area contributed by atoms with Crippen molar-refractivity contribution in [3.63, 3.8) is 0 Å². The van der Waals surface area contributed by atoms with Crippen LogP contribution in [0.15, 0.2) is 67.0 Å². The van der Waals surface area contributed by atoms with Gasteiger partial charge in [0.2, 0.25) is 0 Å². The van der Waals surface area contributed by atoms with Crippen molar-refractivity contribution in [1.29, 1.82) is 0 Å². The molecule has 7 heteroatoms. The molecular formula is C25H25ClN2O4. The Labute approximate surface area is 192 Å². The summed E-state index contributed by atoms with van der Waals surface area (Å²) in [5.74, 6) is 1.09. The molecule has 4 rings (SSSR count). The summed E-state index contributed by atoms with van der Waals surface area (Å²) in [5.41, 5.74) is 2.56. The summed E-state index contributed by atoms with van der Waals surface area (Å²) in [6.45, 7) is 4.25. The first kappa shape index (κ1) is 22.1. The first-order chi connectivity index (χ1) is 15.6. The molecular weight excluding hydrogens is 428 g/mol. The number of pyridine rings is 1. The first-order valence-corrected chi connectivity index (χ1v) is 11.0. The highest BCUT2D eigenvalue weighted by Gasteiger charge is 2.26. The average Bonchev–Trinajstić information content (AvgIpc) is 2.84. The van der Waals surface area contributed by atoms with Gasteiger partial charge in [-0.2, -0.15) is 0 Å². The monoisotopic (exact) mass is 452 g/mol. The van der Waals surface area contributed by atoms with Crippen LogP contribution in [0.2, 0.25) is 5.02 Å². The van der Waals surface area contributed by atoms with Crippen LogP contribution < -0.4 is 9.47 Å². The molecule has 0 aliphatic carbocycles. The summed E-state index contributed by atoms with van der Waals surface area (Å²) < 4.78 is 17.6. The maximum absolute atomic E-state index is 13.2. The van der Waals surface area contributed by atoms with Gasteiger partial charge in [-0.1, -0.05) is 23.7 Å². The Morgan fingerprint density at radius 1 is 1.09 bits per heavy atom. The molecule has 1 saturated heterocycles. The summed E-state index contributed by atoms with van der Waals surface area (Å²) in [4.78, 5) is 19.0. The zero-order chi connectivity index (χ0) is 22.3. The Hall–Kier alpha value is -3.09. The van der Waals surface area contributed by atoms with Crippen LogP contribution in [-0.4, -0.2) is 42.1 Å². The highest BCUT2D eigenvalue weighted by atomic mass is 35.5. The molecule has 0 radical (unpaired) electrons. The van der Waals surface area contributed by atoms with E-state index in [-0.39, 0.29) is 12.0 Å². The van der Waals surface area contributed by atoms with Crippen LogP contribution in [0, 0.1) is 0 Å². The van der Waals surface area contributed by atoms with Gasteiger partial charge in [-0.3, -0.25) is 9.78 Å². The molecule has 6 nitrogen and oxygen atoms in total. The second-order valence-electron chi connectivity index (χ2n) is 7.40. The molecule has 2 heterocycles. The molecule has 1 aliphatic rings. The standard InChI is InChI=1S/C25H25ClN2O4/c1-2-30-23-15-20(5-8-22(23)32-17-18-9-11-27-12-10-18)25(29)28-13-14-31-24(16-28)19-3-6-21(26)7-4-19/h3-12,15,24H,2,13-14,16-17H2,1H3. The van der Waals surface area contributed by atoms with E-state index in [4.69, 9.17) is 25.8 Å². The number of carbonyl (C=O) groups excluding carboxylic acids is 1. The third kappa shape index (κ3) is 5.39. The summed E-state index contributed by atoms with van der Waals surface area (Å²) in [5, 5.41) is 0.673. The Kier molecular flexibility index (Phi) is 7.24. The van der Waals surface area contributed by atoms with Gasteiger partial charge >= 0.3 is 0 Å². The molecule has 2 aromatic carbocycles. The number of hydrogen-bond donors (Lipinski definition) is 0. The van der Waals surface area contributed by atoms with Crippen molar-refractivity contribution in [3.8, 4) is 11.5 Å². The number of carbonyl (C=O) groups is 1. The Balaban J connectivity index is 1.47. The lowest BCUT2D eigenvalue weighted by molar-refractivity contribution is -0.0228. The number of amides is 1. The number of aromatic nitrogens is 1. The van der Waals surface area contributed by atoms with E-state index >= 15 is 0 Å². The van der Waals surface area contributed by atoms with Crippen molar-refractivity contribution < 1.29 is 19.0 Å². The number of nitrogens with zero attached hydrogens (tertiary/aromatic N) is 2. The predicted molar refractivity (Wildman–Crippen MR) is 122 cm³/mol. The second kappa shape index (κ2) is 10.5.